The van der Waals surface area contributed by atoms with Crippen molar-refractivity contribution in [2.45, 2.75) is 41.5 Å². The fourth-order valence-electron chi connectivity index (χ4n) is 1.72. The van der Waals surface area contributed by atoms with Crippen molar-refractivity contribution >= 4 is 10.1 Å². The molecule has 20 heavy (non-hydrogen) atoms. The molecule has 3 nitrogen and oxygen atoms in total. The first-order chi connectivity index (χ1) is 8.40. The molecule has 0 amide bonds. The van der Waals surface area contributed by atoms with Crippen LogP contribution in [-0.2, 0) is 10.1 Å². The quantitative estimate of drug-likeness (QED) is 0.590. The summed E-state index contributed by atoms with van der Waals surface area (Å²) in [5.41, 5.74) is -5.67. The topological polar surface area (TPSA) is 54.4 Å². The van der Waals surface area contributed by atoms with Crippen molar-refractivity contribution in [3.8, 4) is 0 Å². The smallest absolute Gasteiger partial charge is 0.283 e. The summed E-state index contributed by atoms with van der Waals surface area (Å²) in [4.78, 5) is 0. The Bertz CT molecular complexity index is 528. The SMILES string of the molecule is CC1(F)C(F)(F)C(F)(F)C(F)(F)C(F)C1(F)S(=O)(=O)O. The Balaban J connectivity index is 3.85. The van der Waals surface area contributed by atoms with Crippen LogP contribution in [0.1, 0.15) is 6.92 Å². The van der Waals surface area contributed by atoms with Gasteiger partial charge in [0, 0.05) is 0 Å². The predicted octanol–water partition coefficient (Wildman–Crippen LogP) is 2.53. The molecule has 13 heteroatoms. The molecule has 0 aromatic rings. The molecule has 0 aromatic carbocycles. The highest BCUT2D eigenvalue weighted by Gasteiger charge is 2.95. The highest BCUT2D eigenvalue weighted by atomic mass is 32.2. The van der Waals surface area contributed by atoms with Gasteiger partial charge in [-0.3, -0.25) is 4.55 Å². The molecule has 1 aliphatic carbocycles. The average Bonchev–Trinajstić information content (AvgIpc) is 2.22. The summed E-state index contributed by atoms with van der Waals surface area (Å²) in [5, 5.41) is -5.99. The molecular weight excluding hydrogens is 335 g/mol. The summed E-state index contributed by atoms with van der Waals surface area (Å²) in [6.07, 6.45) is -5.27. The van der Waals surface area contributed by atoms with E-state index >= 15 is 0 Å². The Morgan fingerprint density at radius 1 is 0.900 bits per heavy atom. The fraction of sp³-hybridized carbons (Fsp3) is 1.00. The van der Waals surface area contributed by atoms with E-state index < -0.39 is 51.7 Å². The zero-order valence-electron chi connectivity index (χ0n) is 9.15. The number of hydrogen-bond acceptors (Lipinski definition) is 2. The van der Waals surface area contributed by atoms with E-state index in [1.807, 2.05) is 0 Å². The van der Waals surface area contributed by atoms with Crippen LogP contribution in [0, 0.1) is 0 Å². The van der Waals surface area contributed by atoms with E-state index in [0.29, 0.717) is 0 Å². The van der Waals surface area contributed by atoms with Crippen molar-refractivity contribution in [1.82, 2.24) is 0 Å². The third-order valence-electron chi connectivity index (χ3n) is 3.06. The first-order valence-corrected chi connectivity index (χ1v) is 5.97. The molecule has 0 saturated heterocycles. The van der Waals surface area contributed by atoms with Crippen LogP contribution < -0.4 is 0 Å². The summed E-state index contributed by atoms with van der Waals surface area (Å²) in [6.45, 7) is -0.865. The molecule has 1 fully saturated rings. The lowest BCUT2D eigenvalue weighted by Gasteiger charge is -2.51. The van der Waals surface area contributed by atoms with Gasteiger partial charge < -0.3 is 0 Å². The van der Waals surface area contributed by atoms with Gasteiger partial charge in [0.1, 0.15) is 0 Å². The molecule has 0 spiro atoms. The summed E-state index contributed by atoms with van der Waals surface area (Å²) in [5.74, 6) is -20.0. The van der Waals surface area contributed by atoms with Crippen LogP contribution in [0.3, 0.4) is 0 Å². The van der Waals surface area contributed by atoms with E-state index in [1.54, 1.807) is 0 Å². The Kier molecular flexibility index (Phi) is 3.23. The molecule has 1 saturated carbocycles. The maximum absolute atomic E-state index is 13.7. The highest BCUT2D eigenvalue weighted by Crippen LogP contribution is 2.65. The van der Waals surface area contributed by atoms with Crippen LogP contribution in [0.5, 0.6) is 0 Å². The maximum atomic E-state index is 13.7. The molecule has 0 heterocycles. The van der Waals surface area contributed by atoms with Crippen molar-refractivity contribution < 1.29 is 52.5 Å². The molecule has 0 aliphatic heterocycles. The second-order valence-corrected chi connectivity index (χ2v) is 5.80. The fourth-order valence-corrected chi connectivity index (χ4v) is 2.74. The van der Waals surface area contributed by atoms with E-state index in [4.69, 9.17) is 4.55 Å². The lowest BCUT2D eigenvalue weighted by atomic mass is 9.76. The monoisotopic (exact) mass is 340 g/mol. The Morgan fingerprint density at radius 3 is 1.55 bits per heavy atom. The molecular formula is C7H5F9O3S. The van der Waals surface area contributed by atoms with Gasteiger partial charge in [-0.15, -0.1) is 0 Å². The van der Waals surface area contributed by atoms with Crippen molar-refractivity contribution in [2.24, 2.45) is 0 Å². The third-order valence-corrected chi connectivity index (χ3v) is 4.40. The van der Waals surface area contributed by atoms with E-state index in [9.17, 15) is 47.9 Å². The van der Waals surface area contributed by atoms with Gasteiger partial charge in [0.2, 0.25) is 11.8 Å². The van der Waals surface area contributed by atoms with E-state index in [2.05, 4.69) is 0 Å². The summed E-state index contributed by atoms with van der Waals surface area (Å²) in [6, 6.07) is 0. The van der Waals surface area contributed by atoms with Gasteiger partial charge in [-0.25, -0.2) is 13.2 Å². The summed E-state index contributed by atoms with van der Waals surface area (Å²) < 4.78 is 147. The van der Waals surface area contributed by atoms with Crippen molar-refractivity contribution in [2.75, 3.05) is 0 Å². The lowest BCUT2D eigenvalue weighted by Crippen LogP contribution is -2.82. The Hall–Kier alpha value is -0.720. The summed E-state index contributed by atoms with van der Waals surface area (Å²) >= 11 is 0. The first-order valence-electron chi connectivity index (χ1n) is 4.53. The van der Waals surface area contributed by atoms with Crippen LogP contribution in [0.4, 0.5) is 39.5 Å². The van der Waals surface area contributed by atoms with Crippen LogP contribution in [0.15, 0.2) is 0 Å². The molecule has 1 rings (SSSR count). The van der Waals surface area contributed by atoms with Gasteiger partial charge in [0.05, 0.1) is 0 Å². The number of halogens is 9. The maximum Gasteiger partial charge on any atom is 0.378 e. The minimum absolute atomic E-state index is 0.865. The molecule has 0 bridgehead atoms. The molecule has 3 atom stereocenters. The van der Waals surface area contributed by atoms with Gasteiger partial charge in [-0.1, -0.05) is 0 Å². The van der Waals surface area contributed by atoms with Crippen molar-refractivity contribution in [1.29, 1.82) is 0 Å². The van der Waals surface area contributed by atoms with Crippen molar-refractivity contribution in [3.05, 3.63) is 0 Å². The minimum Gasteiger partial charge on any atom is -0.283 e. The average molecular weight is 340 g/mol. The first kappa shape index (κ1) is 17.3. The zero-order valence-corrected chi connectivity index (χ0v) is 9.97. The van der Waals surface area contributed by atoms with Crippen LogP contribution in [0.25, 0.3) is 0 Å². The second-order valence-electron chi connectivity index (χ2n) is 4.26. The number of alkyl halides is 9. The van der Waals surface area contributed by atoms with E-state index in [1.165, 1.54) is 0 Å². The molecule has 1 N–H and O–H groups in total. The summed E-state index contributed by atoms with van der Waals surface area (Å²) in [7, 11) is -6.88. The van der Waals surface area contributed by atoms with Gasteiger partial charge in [0.25, 0.3) is 0 Å². The Morgan fingerprint density at radius 2 is 1.25 bits per heavy atom. The standard InChI is InChI=1S/C7H5F9O3S/c1-3(9)5(12,20(17,18)19)2(8)4(10,11)7(15,16)6(3,13)14/h2H,1H3,(H,17,18,19). The zero-order chi connectivity index (χ0) is 16.6. The second kappa shape index (κ2) is 3.72. The molecule has 0 aromatic heterocycles. The Labute approximate surface area is 105 Å². The normalized spacial score (nSPS) is 43.2. The van der Waals surface area contributed by atoms with Crippen molar-refractivity contribution in [3.63, 3.8) is 0 Å². The number of hydrogen-bond donors (Lipinski definition) is 1. The highest BCUT2D eigenvalue weighted by molar-refractivity contribution is 7.87. The van der Waals surface area contributed by atoms with Gasteiger partial charge in [-0.2, -0.15) is 34.8 Å². The minimum atomic E-state index is -6.88. The third kappa shape index (κ3) is 1.45. The largest absolute Gasteiger partial charge is 0.378 e. The van der Waals surface area contributed by atoms with E-state index in [0.717, 1.165) is 0 Å². The lowest BCUT2D eigenvalue weighted by molar-refractivity contribution is -0.402. The van der Waals surface area contributed by atoms with Gasteiger partial charge >= 0.3 is 32.9 Å². The van der Waals surface area contributed by atoms with Crippen LogP contribution in [-0.4, -0.2) is 47.6 Å². The number of rotatable bonds is 1. The van der Waals surface area contributed by atoms with E-state index in [-0.39, 0.29) is 0 Å². The molecule has 1 aliphatic rings. The molecule has 0 radical (unpaired) electrons. The molecule has 3 unspecified atom stereocenters. The van der Waals surface area contributed by atoms with Gasteiger partial charge in [-0.05, 0) is 6.92 Å². The van der Waals surface area contributed by atoms with Crippen LogP contribution in [0.2, 0.25) is 0 Å². The predicted molar refractivity (Wildman–Crippen MR) is 44.6 cm³/mol. The van der Waals surface area contributed by atoms with Gasteiger partial charge in [0.15, 0.2) is 0 Å². The molecule has 120 valence electrons. The van der Waals surface area contributed by atoms with Crippen LogP contribution >= 0.6 is 0 Å².